The van der Waals surface area contributed by atoms with Crippen LogP contribution in [0, 0.1) is 0 Å². The van der Waals surface area contributed by atoms with E-state index >= 15 is 0 Å². The molecular formula is C40H40MnN12+5. The van der Waals surface area contributed by atoms with Crippen LogP contribution in [0.15, 0.2) is 73.8 Å². The Bertz CT molecular complexity index is 2390. The minimum Gasteiger partial charge on any atom is -0.657 e. The van der Waals surface area contributed by atoms with E-state index in [9.17, 15) is 0 Å². The largest absolute Gasteiger partial charge is 3.00 e. The van der Waals surface area contributed by atoms with Gasteiger partial charge in [0, 0.05) is 22.3 Å². The van der Waals surface area contributed by atoms with Gasteiger partial charge in [0.2, 0.25) is 24.8 Å². The summed E-state index contributed by atoms with van der Waals surface area (Å²) in [6.07, 6.45) is 25.4. The fraction of sp³-hybridized carbons (Fsp3) is 0.200. The minimum atomic E-state index is 0. The number of fused-ring (bicyclic) bond motifs is 8. The molecule has 0 amide bonds. The first-order chi connectivity index (χ1) is 25.0. The summed E-state index contributed by atoms with van der Waals surface area (Å²) in [6, 6.07) is 8.41. The fourth-order valence-corrected chi connectivity index (χ4v) is 7.26. The Morgan fingerprint density at radius 3 is 0.830 bits per heavy atom. The van der Waals surface area contributed by atoms with Crippen LogP contribution in [0.3, 0.4) is 0 Å². The van der Waals surface area contributed by atoms with Crippen LogP contribution in [-0.2, 0) is 73.5 Å². The molecule has 13 heteroatoms. The molecule has 53 heavy (non-hydrogen) atoms. The van der Waals surface area contributed by atoms with Gasteiger partial charge in [-0.1, -0.05) is 24.3 Å². The SMILES string of the molecule is Cn1cc(-c2c3nc(c(-c4cn(C)[n+](C)c4)c4ccc([n-]4)c(-c4cn(C)[n+](C)c4)c4nc(c(-c5cn(C)[n+](C)c5)c5ccc2[n-]5)C=C4)C=C3)c[n+]1C.[Mn+3]. The summed E-state index contributed by atoms with van der Waals surface area (Å²) in [5.41, 5.74) is 14.7. The second-order valence-corrected chi connectivity index (χ2v) is 13.8. The first-order valence-electron chi connectivity index (χ1n) is 17.2. The van der Waals surface area contributed by atoms with E-state index in [4.69, 9.17) is 19.9 Å². The molecule has 0 aromatic carbocycles. The molecule has 9 heterocycles. The molecule has 8 bridgehead atoms. The molecule has 12 nitrogen and oxygen atoms in total. The molecule has 0 atom stereocenters. The van der Waals surface area contributed by atoms with Gasteiger partial charge in [-0.15, -0.1) is 40.8 Å². The summed E-state index contributed by atoms with van der Waals surface area (Å²) in [7, 11) is 16.3. The van der Waals surface area contributed by atoms with Crippen LogP contribution in [0.25, 0.3) is 90.9 Å². The van der Waals surface area contributed by atoms with E-state index < -0.39 is 0 Å². The van der Waals surface area contributed by atoms with Crippen LogP contribution >= 0.6 is 0 Å². The third-order valence-corrected chi connectivity index (χ3v) is 10.4. The van der Waals surface area contributed by atoms with Crippen molar-refractivity contribution in [2.24, 2.45) is 56.4 Å². The van der Waals surface area contributed by atoms with E-state index in [-0.39, 0.29) is 17.1 Å². The van der Waals surface area contributed by atoms with Crippen molar-refractivity contribution in [3.8, 4) is 44.5 Å². The predicted octanol–water partition coefficient (Wildman–Crippen LogP) is 3.23. The molecule has 0 saturated heterocycles. The molecule has 0 radical (unpaired) electrons. The van der Waals surface area contributed by atoms with Crippen LogP contribution in [0.1, 0.15) is 22.8 Å². The molecule has 262 valence electrons. The van der Waals surface area contributed by atoms with E-state index in [0.717, 1.165) is 89.4 Å². The van der Waals surface area contributed by atoms with Crippen molar-refractivity contribution in [1.82, 2.24) is 38.7 Å². The van der Waals surface area contributed by atoms with Gasteiger partial charge in [0.05, 0.1) is 98.0 Å². The summed E-state index contributed by atoms with van der Waals surface area (Å²) >= 11 is 0. The number of nitrogens with zero attached hydrogens (tertiary/aromatic N) is 12. The van der Waals surface area contributed by atoms with Crippen molar-refractivity contribution in [3.05, 3.63) is 96.6 Å². The number of aryl methyl sites for hydroxylation is 8. The normalized spacial score (nSPS) is 12.2. The van der Waals surface area contributed by atoms with E-state index in [1.807, 2.05) is 56.4 Å². The van der Waals surface area contributed by atoms with E-state index in [0.29, 0.717) is 0 Å². The van der Waals surface area contributed by atoms with Crippen molar-refractivity contribution in [2.45, 2.75) is 0 Å². The van der Waals surface area contributed by atoms with Crippen LogP contribution in [-0.4, -0.2) is 28.7 Å². The Balaban J connectivity index is 0.00000400. The molecular weight excluding hydrogens is 703 g/mol. The van der Waals surface area contributed by atoms with Gasteiger partial charge < -0.3 is 9.97 Å². The molecule has 0 aliphatic carbocycles. The smallest absolute Gasteiger partial charge is 0.657 e. The van der Waals surface area contributed by atoms with E-state index in [1.54, 1.807) is 0 Å². The van der Waals surface area contributed by atoms with Crippen molar-refractivity contribution in [1.29, 1.82) is 0 Å². The fourth-order valence-electron chi connectivity index (χ4n) is 7.26. The number of hydrogen-bond acceptors (Lipinski definition) is 2. The van der Waals surface area contributed by atoms with Crippen molar-refractivity contribution in [2.75, 3.05) is 0 Å². The summed E-state index contributed by atoms with van der Waals surface area (Å²) in [6.45, 7) is 0. The Kier molecular flexibility index (Phi) is 8.08. The van der Waals surface area contributed by atoms with Crippen LogP contribution in [0.5, 0.6) is 0 Å². The Labute approximate surface area is 317 Å². The Morgan fingerprint density at radius 1 is 0.415 bits per heavy atom. The van der Waals surface area contributed by atoms with Crippen LogP contribution in [0.2, 0.25) is 0 Å². The second-order valence-electron chi connectivity index (χ2n) is 13.8. The maximum Gasteiger partial charge on any atom is 3.00 e. The van der Waals surface area contributed by atoms with Gasteiger partial charge in [0.15, 0.2) is 28.2 Å². The Morgan fingerprint density at radius 2 is 0.642 bits per heavy atom. The zero-order chi connectivity index (χ0) is 36.0. The molecule has 0 saturated carbocycles. The summed E-state index contributed by atoms with van der Waals surface area (Å²) in [5, 5.41) is 0. The van der Waals surface area contributed by atoms with Crippen molar-refractivity contribution >= 4 is 46.4 Å². The summed E-state index contributed by atoms with van der Waals surface area (Å²) in [5.74, 6) is 0. The van der Waals surface area contributed by atoms with Gasteiger partial charge in [-0.05, 0) is 24.3 Å². The topological polar surface area (TPSA) is 89.2 Å². The molecule has 0 spiro atoms. The standard InChI is InChI=1S/C40H40N12.Mn/c1-45-17-25(18-46(45)2)37-29-9-11-31(41-29)38(26-19-47(3)48(4)20-26)33-13-15-35(43-33)40(28-23-51(7)52(8)24-28)36-16-14-34(44-36)39(32-12-10-30(37)42-32)27-21-49(5)50(6)22-27;/h9-24H,1-8H3;/q+2;+3. The van der Waals surface area contributed by atoms with Crippen LogP contribution < -0.4 is 28.7 Å². The molecule has 0 fully saturated rings. The molecule has 0 N–H and O–H groups in total. The average molecular weight is 744 g/mol. The maximum absolute atomic E-state index is 5.37. The van der Waals surface area contributed by atoms with E-state index in [2.05, 4.69) is 136 Å². The molecule has 2 aliphatic heterocycles. The monoisotopic (exact) mass is 743 g/mol. The van der Waals surface area contributed by atoms with Crippen LogP contribution in [0.4, 0.5) is 0 Å². The summed E-state index contributed by atoms with van der Waals surface area (Å²) in [4.78, 5) is 21.5. The number of aromatic nitrogens is 12. The quantitative estimate of drug-likeness (QED) is 0.205. The van der Waals surface area contributed by atoms with Gasteiger partial charge >= 0.3 is 17.1 Å². The molecule has 7 aromatic heterocycles. The second kappa shape index (κ2) is 12.6. The molecule has 0 unspecified atom stereocenters. The van der Waals surface area contributed by atoms with Crippen molar-refractivity contribution < 1.29 is 35.8 Å². The van der Waals surface area contributed by atoms with Crippen molar-refractivity contribution in [3.63, 3.8) is 0 Å². The molecule has 9 rings (SSSR count). The number of hydrogen-bond donors (Lipinski definition) is 0. The third-order valence-electron chi connectivity index (χ3n) is 10.4. The predicted molar refractivity (Wildman–Crippen MR) is 199 cm³/mol. The first-order valence-corrected chi connectivity index (χ1v) is 17.2. The van der Waals surface area contributed by atoms with E-state index in [1.165, 1.54) is 0 Å². The van der Waals surface area contributed by atoms with Gasteiger partial charge in [0.1, 0.15) is 0 Å². The van der Waals surface area contributed by atoms with Gasteiger partial charge in [-0.25, -0.2) is 9.97 Å². The number of rotatable bonds is 4. The average Bonchev–Trinajstić information content (AvgIpc) is 3.95. The first kappa shape index (κ1) is 34.1. The zero-order valence-corrected chi connectivity index (χ0v) is 32.2. The molecule has 7 aromatic rings. The Hall–Kier alpha value is -6.04. The molecule has 2 aliphatic rings. The summed E-state index contributed by atoms with van der Waals surface area (Å²) < 4.78 is 16.5. The minimum absolute atomic E-state index is 0. The maximum atomic E-state index is 5.37. The van der Waals surface area contributed by atoms with Gasteiger partial charge in [-0.3, -0.25) is 0 Å². The van der Waals surface area contributed by atoms with Gasteiger partial charge in [0.25, 0.3) is 0 Å². The van der Waals surface area contributed by atoms with Gasteiger partial charge in [-0.2, -0.15) is 18.7 Å². The third kappa shape index (κ3) is 5.60. The zero-order valence-electron chi connectivity index (χ0n) is 31.0.